The summed E-state index contributed by atoms with van der Waals surface area (Å²) in [7, 11) is -1.79. The van der Waals surface area contributed by atoms with E-state index in [1.807, 2.05) is 60.3 Å². The van der Waals surface area contributed by atoms with E-state index in [4.69, 9.17) is 11.6 Å². The third kappa shape index (κ3) is 5.31. The molecule has 40 heavy (non-hydrogen) atoms. The first-order chi connectivity index (χ1) is 19.3. The second-order valence-corrected chi connectivity index (χ2v) is 12.7. The Balaban J connectivity index is 1.32. The molecule has 1 fully saturated rings. The molecule has 1 aromatic heterocycles. The minimum atomic E-state index is -3.70. The summed E-state index contributed by atoms with van der Waals surface area (Å²) >= 11 is 6.46. The molecular weight excluding hydrogens is 544 g/mol. The Morgan fingerprint density at radius 3 is 2.60 bits per heavy atom. The number of hydrogen-bond donors (Lipinski definition) is 1. The number of aromatic nitrogens is 2. The van der Waals surface area contributed by atoms with E-state index < -0.39 is 10.0 Å². The maximum atomic E-state index is 14.0. The predicted molar refractivity (Wildman–Crippen MR) is 156 cm³/mol. The van der Waals surface area contributed by atoms with E-state index in [0.29, 0.717) is 18.0 Å². The van der Waals surface area contributed by atoms with Crippen molar-refractivity contribution in [1.82, 2.24) is 14.3 Å². The van der Waals surface area contributed by atoms with Gasteiger partial charge in [0.2, 0.25) is 15.9 Å². The van der Waals surface area contributed by atoms with Crippen molar-refractivity contribution in [1.29, 1.82) is 0 Å². The standard InChI is InChI=1S/C31H31ClN4O3S/c1-35-17-16-33-30(35)20-36(31(37)27-19-26(27)24-11-5-6-12-28(24)32)22-15-14-21-8-7-13-29(25(21)18-22)34-40(38,39)23-9-3-2-4-10-23/h2-6,9-12,14-18,26-27,29,34H,7-8,13,19-20H2,1H3. The fourth-order valence-electron chi connectivity index (χ4n) is 5.71. The lowest BCUT2D eigenvalue weighted by Gasteiger charge is -2.29. The molecule has 2 aliphatic carbocycles. The van der Waals surface area contributed by atoms with E-state index >= 15 is 0 Å². The van der Waals surface area contributed by atoms with Crippen molar-refractivity contribution >= 4 is 33.2 Å². The summed E-state index contributed by atoms with van der Waals surface area (Å²) in [6.45, 7) is 0.313. The maximum absolute atomic E-state index is 14.0. The monoisotopic (exact) mass is 574 g/mol. The minimum Gasteiger partial charge on any atom is -0.337 e. The number of fused-ring (bicyclic) bond motifs is 1. The van der Waals surface area contributed by atoms with E-state index in [9.17, 15) is 13.2 Å². The quantitative estimate of drug-likeness (QED) is 0.290. The number of carbonyl (C=O) groups excluding carboxylic acids is 1. The summed E-state index contributed by atoms with van der Waals surface area (Å²) in [5.41, 5.74) is 3.75. The second-order valence-electron chi connectivity index (χ2n) is 10.6. The Morgan fingerprint density at radius 1 is 1.07 bits per heavy atom. The minimum absolute atomic E-state index is 0.0186. The normalized spacial score (nSPS) is 20.1. The third-order valence-corrected chi connectivity index (χ3v) is 9.84. The van der Waals surface area contributed by atoms with Crippen LogP contribution in [0.1, 0.15) is 53.7 Å². The lowest BCUT2D eigenvalue weighted by molar-refractivity contribution is -0.120. The van der Waals surface area contributed by atoms with Crippen molar-refractivity contribution in [3.8, 4) is 0 Å². The Labute approximate surface area is 239 Å². The van der Waals surface area contributed by atoms with Crippen LogP contribution in [0.25, 0.3) is 0 Å². The molecule has 0 aliphatic heterocycles. The van der Waals surface area contributed by atoms with E-state index in [0.717, 1.165) is 47.5 Å². The van der Waals surface area contributed by atoms with Crippen molar-refractivity contribution in [2.45, 2.75) is 49.1 Å². The SMILES string of the molecule is Cn1ccnc1CN(C(=O)C1CC1c1ccccc1Cl)c1ccc2c(c1)C(NS(=O)(=O)c1ccccc1)CCC2. The molecule has 3 aromatic carbocycles. The van der Waals surface area contributed by atoms with Crippen LogP contribution in [-0.4, -0.2) is 23.9 Å². The van der Waals surface area contributed by atoms with E-state index in [-0.39, 0.29) is 28.7 Å². The van der Waals surface area contributed by atoms with Gasteiger partial charge in [-0.3, -0.25) is 4.79 Å². The van der Waals surface area contributed by atoms with Crippen LogP contribution in [0.3, 0.4) is 0 Å². The number of sulfonamides is 1. The third-order valence-electron chi connectivity index (χ3n) is 8.01. The summed E-state index contributed by atoms with van der Waals surface area (Å²) < 4.78 is 31.2. The Hall–Kier alpha value is -3.46. The van der Waals surface area contributed by atoms with Gasteiger partial charge in [0.15, 0.2) is 0 Å². The van der Waals surface area contributed by atoms with Gasteiger partial charge in [0.05, 0.1) is 11.4 Å². The number of carbonyl (C=O) groups is 1. The van der Waals surface area contributed by atoms with Crippen LogP contribution in [0.5, 0.6) is 0 Å². The molecule has 3 atom stereocenters. The van der Waals surface area contributed by atoms with Gasteiger partial charge in [-0.25, -0.2) is 18.1 Å². The van der Waals surface area contributed by atoms with Crippen molar-refractivity contribution in [3.63, 3.8) is 0 Å². The van der Waals surface area contributed by atoms with Crippen LogP contribution < -0.4 is 9.62 Å². The van der Waals surface area contributed by atoms with Gasteiger partial charge in [-0.05, 0) is 78.6 Å². The molecule has 2 aliphatic rings. The average molecular weight is 575 g/mol. The van der Waals surface area contributed by atoms with E-state index in [1.165, 1.54) is 0 Å². The largest absolute Gasteiger partial charge is 0.337 e. The lowest BCUT2D eigenvalue weighted by atomic mass is 9.87. The number of benzene rings is 3. The van der Waals surface area contributed by atoms with Gasteiger partial charge in [0.25, 0.3) is 0 Å². The molecule has 1 heterocycles. The highest BCUT2D eigenvalue weighted by Gasteiger charge is 2.47. The second kappa shape index (κ2) is 10.8. The van der Waals surface area contributed by atoms with Gasteiger partial charge in [-0.1, -0.05) is 54.1 Å². The molecule has 0 saturated heterocycles. The molecule has 3 unspecified atom stereocenters. The zero-order chi connectivity index (χ0) is 27.9. The average Bonchev–Trinajstić information content (AvgIpc) is 3.65. The van der Waals surface area contributed by atoms with Gasteiger partial charge >= 0.3 is 0 Å². The van der Waals surface area contributed by atoms with Gasteiger partial charge in [0, 0.05) is 42.1 Å². The summed E-state index contributed by atoms with van der Waals surface area (Å²) in [4.78, 5) is 20.5. The highest BCUT2D eigenvalue weighted by Crippen LogP contribution is 2.51. The predicted octanol–water partition coefficient (Wildman–Crippen LogP) is 5.77. The highest BCUT2D eigenvalue weighted by atomic mass is 35.5. The molecule has 4 aromatic rings. The van der Waals surface area contributed by atoms with Crippen molar-refractivity contribution in [2.75, 3.05) is 4.90 Å². The van der Waals surface area contributed by atoms with Crippen LogP contribution >= 0.6 is 11.6 Å². The van der Waals surface area contributed by atoms with E-state index in [1.54, 1.807) is 41.4 Å². The number of rotatable bonds is 8. The lowest BCUT2D eigenvalue weighted by Crippen LogP contribution is -2.34. The Kier molecular flexibility index (Phi) is 7.25. The molecule has 9 heteroatoms. The molecule has 1 saturated carbocycles. The Morgan fingerprint density at radius 2 is 1.85 bits per heavy atom. The van der Waals surface area contributed by atoms with E-state index in [2.05, 4.69) is 9.71 Å². The number of nitrogens with one attached hydrogen (secondary N) is 1. The van der Waals surface area contributed by atoms with Gasteiger partial charge in [-0.2, -0.15) is 0 Å². The van der Waals surface area contributed by atoms with Crippen molar-refractivity contribution in [3.05, 3.63) is 113 Å². The first kappa shape index (κ1) is 26.7. The van der Waals surface area contributed by atoms with Crippen LogP contribution in [0, 0.1) is 5.92 Å². The molecule has 7 nitrogen and oxygen atoms in total. The van der Waals surface area contributed by atoms with Gasteiger partial charge in [-0.15, -0.1) is 0 Å². The van der Waals surface area contributed by atoms with Crippen LogP contribution in [0.15, 0.2) is 90.1 Å². The first-order valence-corrected chi connectivity index (χ1v) is 15.4. The smallest absolute Gasteiger partial charge is 0.241 e. The molecule has 1 N–H and O–H groups in total. The summed E-state index contributed by atoms with van der Waals surface area (Å²) in [6.07, 6.45) is 6.76. The van der Waals surface area contributed by atoms with Crippen LogP contribution in [0.4, 0.5) is 5.69 Å². The fraction of sp³-hybridized carbons (Fsp3) is 0.290. The van der Waals surface area contributed by atoms with Crippen LogP contribution in [0.2, 0.25) is 5.02 Å². The summed E-state index contributed by atoms with van der Waals surface area (Å²) in [5.74, 6) is 0.684. The zero-order valence-corrected chi connectivity index (χ0v) is 23.8. The first-order valence-electron chi connectivity index (χ1n) is 13.5. The van der Waals surface area contributed by atoms with Crippen molar-refractivity contribution in [2.24, 2.45) is 13.0 Å². The fourth-order valence-corrected chi connectivity index (χ4v) is 7.25. The Bertz CT molecular complexity index is 1650. The molecular formula is C31H31ClN4O3S. The number of halogens is 1. The number of amides is 1. The molecule has 0 spiro atoms. The zero-order valence-electron chi connectivity index (χ0n) is 22.2. The maximum Gasteiger partial charge on any atom is 0.241 e. The summed E-state index contributed by atoms with van der Waals surface area (Å²) in [5, 5.41) is 0.681. The molecule has 0 bridgehead atoms. The van der Waals surface area contributed by atoms with Crippen LogP contribution in [-0.2, 0) is 34.8 Å². The molecule has 206 valence electrons. The number of anilines is 1. The van der Waals surface area contributed by atoms with Gasteiger partial charge < -0.3 is 9.47 Å². The molecule has 6 rings (SSSR count). The van der Waals surface area contributed by atoms with Gasteiger partial charge in [0.1, 0.15) is 5.82 Å². The molecule has 1 amide bonds. The van der Waals surface area contributed by atoms with Crippen molar-refractivity contribution < 1.29 is 13.2 Å². The number of hydrogen-bond acceptors (Lipinski definition) is 4. The summed E-state index contributed by atoms with van der Waals surface area (Å²) in [6, 6.07) is 21.7. The number of imidazole rings is 1. The molecule has 0 radical (unpaired) electrons. The number of aryl methyl sites for hydroxylation is 2. The topological polar surface area (TPSA) is 84.3 Å². The number of nitrogens with zero attached hydrogens (tertiary/aromatic N) is 3. The highest BCUT2D eigenvalue weighted by molar-refractivity contribution is 7.89.